The lowest BCUT2D eigenvalue weighted by atomic mass is 10.2. The van der Waals surface area contributed by atoms with Crippen molar-refractivity contribution in [2.45, 2.75) is 39.3 Å². The van der Waals surface area contributed by atoms with Gasteiger partial charge in [-0.3, -0.25) is 4.79 Å². The number of carbonyl (C=O) groups excluding carboxylic acids is 2. The molecule has 0 bridgehead atoms. The highest BCUT2D eigenvalue weighted by Gasteiger charge is 2.33. The van der Waals surface area contributed by atoms with Gasteiger partial charge in [0.1, 0.15) is 5.60 Å². The minimum Gasteiger partial charge on any atom is -0.444 e. The Morgan fingerprint density at radius 1 is 1.36 bits per heavy atom. The van der Waals surface area contributed by atoms with Crippen LogP contribution >= 0.6 is 27.3 Å². The standard InChI is InChI=1S/C15H21BrN2O3S/c1-10-8-17(13(19)12-7-11(16)9-22-12)5-6-18(10)14(20)21-15(2,3)4/h7,9-10H,5-6,8H2,1-4H3/t10-/m1/s1. The average Bonchev–Trinajstić information content (AvgIpc) is 2.82. The van der Waals surface area contributed by atoms with Gasteiger partial charge < -0.3 is 14.5 Å². The Labute approximate surface area is 143 Å². The normalized spacial score (nSPS) is 19.2. The SMILES string of the molecule is C[C@@H]1CN(C(=O)c2cc(Br)cs2)CCN1C(=O)OC(C)(C)C. The van der Waals surface area contributed by atoms with Crippen LogP contribution in [-0.4, -0.2) is 53.1 Å². The molecule has 1 aliphatic heterocycles. The van der Waals surface area contributed by atoms with E-state index < -0.39 is 5.60 Å². The van der Waals surface area contributed by atoms with Crippen molar-refractivity contribution in [2.24, 2.45) is 0 Å². The van der Waals surface area contributed by atoms with Gasteiger partial charge in [0, 0.05) is 35.5 Å². The predicted molar refractivity (Wildman–Crippen MR) is 90.3 cm³/mol. The number of amides is 2. The Hall–Kier alpha value is -1.08. The van der Waals surface area contributed by atoms with E-state index in [1.54, 1.807) is 9.80 Å². The summed E-state index contributed by atoms with van der Waals surface area (Å²) in [6, 6.07) is 1.77. The van der Waals surface area contributed by atoms with Gasteiger partial charge in [-0.15, -0.1) is 11.3 Å². The minimum atomic E-state index is -0.507. The van der Waals surface area contributed by atoms with E-state index in [-0.39, 0.29) is 18.0 Å². The monoisotopic (exact) mass is 388 g/mol. The highest BCUT2D eigenvalue weighted by Crippen LogP contribution is 2.23. The molecule has 0 unspecified atom stereocenters. The summed E-state index contributed by atoms with van der Waals surface area (Å²) in [4.78, 5) is 28.8. The lowest BCUT2D eigenvalue weighted by Gasteiger charge is -2.40. The zero-order chi connectivity index (χ0) is 16.5. The molecule has 1 aromatic rings. The number of nitrogens with zero attached hydrogens (tertiary/aromatic N) is 2. The molecular weight excluding hydrogens is 368 g/mol. The smallest absolute Gasteiger partial charge is 0.410 e. The van der Waals surface area contributed by atoms with Crippen LogP contribution in [0.4, 0.5) is 4.79 Å². The zero-order valence-electron chi connectivity index (χ0n) is 13.3. The quantitative estimate of drug-likeness (QED) is 0.738. The largest absolute Gasteiger partial charge is 0.444 e. The highest BCUT2D eigenvalue weighted by atomic mass is 79.9. The third kappa shape index (κ3) is 4.23. The molecule has 1 saturated heterocycles. The van der Waals surface area contributed by atoms with Gasteiger partial charge in [-0.2, -0.15) is 0 Å². The molecule has 2 rings (SSSR count). The van der Waals surface area contributed by atoms with Crippen LogP contribution in [0.3, 0.4) is 0 Å². The summed E-state index contributed by atoms with van der Waals surface area (Å²) in [5.41, 5.74) is -0.507. The lowest BCUT2D eigenvalue weighted by Crippen LogP contribution is -2.56. The van der Waals surface area contributed by atoms with Crippen molar-refractivity contribution in [3.63, 3.8) is 0 Å². The first-order valence-corrected chi connectivity index (χ1v) is 8.87. The first-order valence-electron chi connectivity index (χ1n) is 7.20. The van der Waals surface area contributed by atoms with E-state index >= 15 is 0 Å². The third-order valence-electron chi connectivity index (χ3n) is 3.32. The maximum Gasteiger partial charge on any atom is 0.410 e. The number of rotatable bonds is 1. The minimum absolute atomic E-state index is 0.0198. The molecule has 0 saturated carbocycles. The van der Waals surface area contributed by atoms with Crippen molar-refractivity contribution in [1.82, 2.24) is 9.80 Å². The van der Waals surface area contributed by atoms with Gasteiger partial charge in [-0.25, -0.2) is 4.79 Å². The Balaban J connectivity index is 1.98. The maximum atomic E-state index is 12.4. The number of halogens is 1. The van der Waals surface area contributed by atoms with Crippen LogP contribution in [0.25, 0.3) is 0 Å². The summed E-state index contributed by atoms with van der Waals surface area (Å²) in [5, 5.41) is 1.90. The molecule has 22 heavy (non-hydrogen) atoms. The summed E-state index contributed by atoms with van der Waals surface area (Å²) in [5.74, 6) is 0.0198. The fourth-order valence-corrected chi connectivity index (χ4v) is 3.71. The summed E-state index contributed by atoms with van der Waals surface area (Å²) in [6.45, 7) is 9.03. The van der Waals surface area contributed by atoms with Crippen LogP contribution in [-0.2, 0) is 4.74 Å². The van der Waals surface area contributed by atoms with Crippen LogP contribution in [0.2, 0.25) is 0 Å². The van der Waals surface area contributed by atoms with Gasteiger partial charge in [0.15, 0.2) is 0 Å². The van der Waals surface area contributed by atoms with Gasteiger partial charge in [-0.1, -0.05) is 0 Å². The van der Waals surface area contributed by atoms with Gasteiger partial charge in [0.2, 0.25) is 0 Å². The van der Waals surface area contributed by atoms with Crippen molar-refractivity contribution in [3.8, 4) is 0 Å². The van der Waals surface area contributed by atoms with E-state index in [9.17, 15) is 9.59 Å². The fraction of sp³-hybridized carbons (Fsp3) is 0.600. The maximum absolute atomic E-state index is 12.4. The molecule has 0 spiro atoms. The molecule has 7 heteroatoms. The average molecular weight is 389 g/mol. The second-order valence-corrected chi connectivity index (χ2v) is 8.23. The van der Waals surface area contributed by atoms with Crippen molar-refractivity contribution in [2.75, 3.05) is 19.6 Å². The van der Waals surface area contributed by atoms with Crippen molar-refractivity contribution in [1.29, 1.82) is 0 Å². The van der Waals surface area contributed by atoms with Crippen molar-refractivity contribution >= 4 is 39.3 Å². The fourth-order valence-electron chi connectivity index (χ4n) is 2.31. The highest BCUT2D eigenvalue weighted by molar-refractivity contribution is 9.10. The topological polar surface area (TPSA) is 49.9 Å². The molecular formula is C15H21BrN2O3S. The Kier molecular flexibility index (Phi) is 5.17. The number of ether oxygens (including phenoxy) is 1. The molecule has 0 aromatic carbocycles. The molecule has 2 amide bonds. The van der Waals surface area contributed by atoms with Crippen LogP contribution in [0.5, 0.6) is 0 Å². The first-order chi connectivity index (χ1) is 10.2. The van der Waals surface area contributed by atoms with Crippen LogP contribution in [0.15, 0.2) is 15.9 Å². The molecule has 0 radical (unpaired) electrons. The molecule has 5 nitrogen and oxygen atoms in total. The summed E-state index contributed by atoms with van der Waals surface area (Å²) in [6.07, 6.45) is -0.314. The molecule has 122 valence electrons. The molecule has 1 fully saturated rings. The summed E-state index contributed by atoms with van der Waals surface area (Å²) in [7, 11) is 0. The molecule has 1 aliphatic rings. The molecule has 1 aromatic heterocycles. The lowest BCUT2D eigenvalue weighted by molar-refractivity contribution is 0.00205. The number of thiophene rings is 1. The van der Waals surface area contributed by atoms with Crippen molar-refractivity contribution in [3.05, 3.63) is 20.8 Å². The number of hydrogen-bond acceptors (Lipinski definition) is 4. The molecule has 1 atom stereocenters. The van der Waals surface area contributed by atoms with Gasteiger partial charge >= 0.3 is 6.09 Å². The summed E-state index contributed by atoms with van der Waals surface area (Å²) >= 11 is 4.79. The zero-order valence-corrected chi connectivity index (χ0v) is 15.7. The van der Waals surface area contributed by atoms with Crippen LogP contribution in [0, 0.1) is 0 Å². The van der Waals surface area contributed by atoms with Crippen molar-refractivity contribution < 1.29 is 14.3 Å². The van der Waals surface area contributed by atoms with E-state index in [1.165, 1.54) is 11.3 Å². The van der Waals surface area contributed by atoms with E-state index in [0.717, 1.165) is 4.47 Å². The molecule has 0 aliphatic carbocycles. The van der Waals surface area contributed by atoms with E-state index in [1.807, 2.05) is 39.1 Å². The second kappa shape index (κ2) is 6.58. The number of piperazine rings is 1. The van der Waals surface area contributed by atoms with E-state index in [4.69, 9.17) is 4.74 Å². The second-order valence-electron chi connectivity index (χ2n) is 6.40. The van der Waals surface area contributed by atoms with Gasteiger partial charge in [0.05, 0.1) is 4.88 Å². The van der Waals surface area contributed by atoms with E-state index in [2.05, 4.69) is 15.9 Å². The predicted octanol–water partition coefficient (Wildman–Crippen LogP) is 3.59. The Morgan fingerprint density at radius 2 is 2.05 bits per heavy atom. The van der Waals surface area contributed by atoms with Crippen LogP contribution in [0.1, 0.15) is 37.4 Å². The number of hydrogen-bond donors (Lipinski definition) is 0. The first kappa shape index (κ1) is 17.3. The Morgan fingerprint density at radius 3 is 2.55 bits per heavy atom. The van der Waals surface area contributed by atoms with E-state index in [0.29, 0.717) is 24.5 Å². The van der Waals surface area contributed by atoms with Gasteiger partial charge in [-0.05, 0) is 49.7 Å². The third-order valence-corrected chi connectivity index (χ3v) is 5.00. The number of carbonyl (C=O) groups is 2. The molecule has 2 heterocycles. The summed E-state index contributed by atoms with van der Waals surface area (Å²) < 4.78 is 6.33. The Bertz CT molecular complexity index is 567. The van der Waals surface area contributed by atoms with Crippen LogP contribution < -0.4 is 0 Å². The van der Waals surface area contributed by atoms with Gasteiger partial charge in [0.25, 0.3) is 5.91 Å². The molecule has 0 N–H and O–H groups in total.